The molecule has 0 aromatic heterocycles. The minimum atomic E-state index is -4.70. The molecule has 0 aliphatic carbocycles. The number of carbonyl (C=O) groups excluding carboxylic acids is 2. The van der Waals surface area contributed by atoms with Crippen LogP contribution in [0, 0.1) is 0 Å². The van der Waals surface area contributed by atoms with Crippen LogP contribution in [0.5, 0.6) is 0 Å². The fourth-order valence-corrected chi connectivity index (χ4v) is 9.54. The third-order valence-electron chi connectivity index (χ3n) is 13.7. The van der Waals surface area contributed by atoms with E-state index < -0.39 is 26.6 Å². The van der Waals surface area contributed by atoms with Crippen molar-refractivity contribution in [3.8, 4) is 0 Å². The van der Waals surface area contributed by atoms with Crippen LogP contribution < -0.4 is 10.2 Å². The summed E-state index contributed by atoms with van der Waals surface area (Å²) in [4.78, 5) is 40.0. The van der Waals surface area contributed by atoms with E-state index in [1.807, 2.05) is 33.3 Å². The Hall–Kier alpha value is -2.29. The predicted molar refractivity (Wildman–Crippen MR) is 316 cm³/mol. The highest BCUT2D eigenvalue weighted by molar-refractivity contribution is 7.45. The van der Waals surface area contributed by atoms with Gasteiger partial charge in [-0.2, -0.15) is 0 Å². The fourth-order valence-electron chi connectivity index (χ4n) is 8.82. The van der Waals surface area contributed by atoms with Gasteiger partial charge in [-0.05, 0) is 96.0 Å². The highest BCUT2D eigenvalue weighted by Gasteiger charge is 2.27. The van der Waals surface area contributed by atoms with Crippen LogP contribution in [-0.2, 0) is 27.9 Å². The molecular formula is C64H119N2O7P. The summed E-state index contributed by atoms with van der Waals surface area (Å²) in [7, 11) is 1.17. The zero-order valence-electron chi connectivity index (χ0n) is 49.3. The van der Waals surface area contributed by atoms with Gasteiger partial charge in [0.25, 0.3) is 7.82 Å². The molecule has 0 aromatic rings. The van der Waals surface area contributed by atoms with Crippen LogP contribution in [0.2, 0.25) is 0 Å². The number of likely N-dealkylation sites (N-methyl/N-ethyl adjacent to an activating group) is 1. The third-order valence-corrected chi connectivity index (χ3v) is 14.6. The van der Waals surface area contributed by atoms with Crippen molar-refractivity contribution in [2.45, 2.75) is 296 Å². The van der Waals surface area contributed by atoms with E-state index in [1.165, 1.54) is 167 Å². The van der Waals surface area contributed by atoms with Crippen LogP contribution in [-0.4, -0.2) is 69.4 Å². The number of hydrogen-bond acceptors (Lipinski definition) is 7. The van der Waals surface area contributed by atoms with Gasteiger partial charge in [-0.25, -0.2) is 0 Å². The molecule has 0 rings (SSSR count). The minimum Gasteiger partial charge on any atom is -0.756 e. The molecule has 0 aliphatic rings. The number of esters is 1. The Balaban J connectivity index is 5.29. The highest BCUT2D eigenvalue weighted by atomic mass is 31.2. The number of hydrogen-bond donors (Lipinski definition) is 1. The number of phosphoric ester groups is 1. The van der Waals surface area contributed by atoms with E-state index in [1.54, 1.807) is 0 Å². The number of phosphoric acid groups is 1. The molecule has 1 amide bonds. The lowest BCUT2D eigenvalue weighted by Gasteiger charge is -2.30. The SMILES string of the molecule is CCCCC/C=C\C/C=C\C/C=C\CCCCCCC(=O)NC(COP(=O)([O-])OCC[N+](C)(C)C)C(/C=C/CCCCCCCCCCCC)OC(=O)CCCCCCCCCCC/C=C/CCCCCCCC. The van der Waals surface area contributed by atoms with E-state index in [4.69, 9.17) is 13.8 Å². The Morgan fingerprint density at radius 3 is 1.27 bits per heavy atom. The minimum absolute atomic E-state index is 0.0281. The number of quaternary nitrogens is 1. The summed E-state index contributed by atoms with van der Waals surface area (Å²) in [6.07, 6.45) is 67.5. The van der Waals surface area contributed by atoms with Gasteiger partial charge in [0.05, 0.1) is 33.8 Å². The van der Waals surface area contributed by atoms with Crippen LogP contribution in [0.25, 0.3) is 0 Å². The predicted octanol–water partition coefficient (Wildman–Crippen LogP) is 18.4. The number of nitrogens with zero attached hydrogens (tertiary/aromatic N) is 1. The van der Waals surface area contributed by atoms with Gasteiger partial charge in [-0.15, -0.1) is 0 Å². The molecule has 10 heteroatoms. The molecule has 3 unspecified atom stereocenters. The Labute approximate surface area is 458 Å². The van der Waals surface area contributed by atoms with E-state index >= 15 is 0 Å². The van der Waals surface area contributed by atoms with Crippen LogP contribution in [0.1, 0.15) is 284 Å². The van der Waals surface area contributed by atoms with E-state index in [2.05, 4.69) is 74.7 Å². The summed E-state index contributed by atoms with van der Waals surface area (Å²) in [6.45, 7) is 6.80. The van der Waals surface area contributed by atoms with Gasteiger partial charge in [0.1, 0.15) is 19.3 Å². The van der Waals surface area contributed by atoms with Crippen molar-refractivity contribution in [2.75, 3.05) is 40.9 Å². The third kappa shape index (κ3) is 54.5. The molecule has 0 fully saturated rings. The van der Waals surface area contributed by atoms with Crippen molar-refractivity contribution in [2.24, 2.45) is 0 Å². The van der Waals surface area contributed by atoms with Crippen molar-refractivity contribution in [3.63, 3.8) is 0 Å². The average Bonchev–Trinajstić information content (AvgIpc) is 3.36. The van der Waals surface area contributed by atoms with Crippen LogP contribution >= 0.6 is 7.82 Å². The van der Waals surface area contributed by atoms with Gasteiger partial charge in [-0.1, -0.05) is 236 Å². The van der Waals surface area contributed by atoms with Crippen LogP contribution in [0.15, 0.2) is 60.8 Å². The topological polar surface area (TPSA) is 114 Å². The molecule has 432 valence electrons. The molecule has 0 saturated carbocycles. The monoisotopic (exact) mass is 1060 g/mol. The summed E-state index contributed by atoms with van der Waals surface area (Å²) in [6, 6.07) is -0.901. The van der Waals surface area contributed by atoms with Gasteiger partial charge in [0, 0.05) is 12.8 Å². The summed E-state index contributed by atoms with van der Waals surface area (Å²) in [5, 5.41) is 3.02. The number of unbranched alkanes of at least 4 members (excludes halogenated alkanes) is 32. The van der Waals surface area contributed by atoms with Gasteiger partial charge in [0.15, 0.2) is 0 Å². The lowest BCUT2D eigenvalue weighted by molar-refractivity contribution is -0.870. The maximum Gasteiger partial charge on any atom is 0.306 e. The first-order chi connectivity index (χ1) is 35.9. The molecule has 0 bridgehead atoms. The van der Waals surface area contributed by atoms with Crippen molar-refractivity contribution in [1.29, 1.82) is 0 Å². The first-order valence-electron chi connectivity index (χ1n) is 31.1. The molecule has 1 N–H and O–H groups in total. The van der Waals surface area contributed by atoms with Gasteiger partial charge >= 0.3 is 5.97 Å². The van der Waals surface area contributed by atoms with Gasteiger partial charge < -0.3 is 28.5 Å². The second-order valence-electron chi connectivity index (χ2n) is 22.2. The first kappa shape index (κ1) is 71.7. The number of ether oxygens (including phenoxy) is 1. The molecule has 3 atom stereocenters. The molecule has 0 saturated heterocycles. The lowest BCUT2D eigenvalue weighted by Crippen LogP contribution is -2.47. The van der Waals surface area contributed by atoms with E-state index in [-0.39, 0.29) is 24.9 Å². The summed E-state index contributed by atoms with van der Waals surface area (Å²) in [5.41, 5.74) is 0. The fraction of sp³-hybridized carbons (Fsp3) is 0.812. The van der Waals surface area contributed by atoms with E-state index in [0.29, 0.717) is 23.9 Å². The number of allylic oxidation sites excluding steroid dienone is 9. The summed E-state index contributed by atoms with van der Waals surface area (Å²) in [5.74, 6) is -0.564. The van der Waals surface area contributed by atoms with Crippen molar-refractivity contribution in [3.05, 3.63) is 60.8 Å². The van der Waals surface area contributed by atoms with Crippen LogP contribution in [0.3, 0.4) is 0 Å². The second-order valence-corrected chi connectivity index (χ2v) is 23.6. The highest BCUT2D eigenvalue weighted by Crippen LogP contribution is 2.38. The molecule has 9 nitrogen and oxygen atoms in total. The quantitative estimate of drug-likeness (QED) is 0.0212. The lowest BCUT2D eigenvalue weighted by atomic mass is 10.0. The first-order valence-corrected chi connectivity index (χ1v) is 32.6. The standard InChI is InChI=1S/C64H119N2O7P/c1-7-10-13-16-19-22-25-28-30-32-33-35-37-39-42-45-48-51-54-57-64(68)73-62(55-52-49-46-43-40-27-24-21-18-15-12-9-3)61(60-72-74(69,70)71-59-58-66(4,5)6)65-63(67)56-53-50-47-44-41-38-36-34-31-29-26-23-20-17-14-11-8-2/h20,23,28-31,36,38,52,55,61-62H,7-19,21-22,24-27,32-35,37,39-51,53-54,56-60H2,1-6H3,(H-,65,67,69,70)/b23-20-,30-28+,31-29-,38-36-,55-52+. The van der Waals surface area contributed by atoms with Crippen molar-refractivity contribution < 1.29 is 37.3 Å². The molecule has 0 aromatic carbocycles. The normalized spacial score (nSPS) is 14.1. The van der Waals surface area contributed by atoms with Crippen molar-refractivity contribution in [1.82, 2.24) is 5.32 Å². The molecule has 0 radical (unpaired) electrons. The molecule has 74 heavy (non-hydrogen) atoms. The van der Waals surface area contributed by atoms with Crippen LogP contribution in [0.4, 0.5) is 0 Å². The number of carbonyl (C=O) groups is 2. The molecule has 0 heterocycles. The summed E-state index contributed by atoms with van der Waals surface area (Å²) >= 11 is 0. The van der Waals surface area contributed by atoms with E-state index in [9.17, 15) is 19.0 Å². The van der Waals surface area contributed by atoms with Gasteiger partial charge in [0.2, 0.25) is 5.91 Å². The Bertz CT molecular complexity index is 1450. The van der Waals surface area contributed by atoms with E-state index in [0.717, 1.165) is 77.0 Å². The summed E-state index contributed by atoms with van der Waals surface area (Å²) < 4.78 is 30.3. The van der Waals surface area contributed by atoms with Crippen molar-refractivity contribution >= 4 is 19.7 Å². The number of amides is 1. The molecule has 0 spiro atoms. The Morgan fingerprint density at radius 2 is 0.824 bits per heavy atom. The Kier molecular flexibility index (Phi) is 52.4. The maximum absolute atomic E-state index is 13.5. The maximum atomic E-state index is 13.5. The Morgan fingerprint density at radius 1 is 0.473 bits per heavy atom. The number of nitrogens with one attached hydrogen (secondary N) is 1. The smallest absolute Gasteiger partial charge is 0.306 e. The molecular weight excluding hydrogens is 940 g/mol. The molecule has 0 aliphatic heterocycles. The van der Waals surface area contributed by atoms with Gasteiger partial charge in [-0.3, -0.25) is 14.2 Å². The number of rotatable bonds is 56. The zero-order valence-corrected chi connectivity index (χ0v) is 50.2. The second kappa shape index (κ2) is 54.1. The average molecular weight is 1060 g/mol. The largest absolute Gasteiger partial charge is 0.756 e. The zero-order chi connectivity index (χ0) is 54.3.